The van der Waals surface area contributed by atoms with Crippen molar-refractivity contribution in [2.24, 2.45) is 0 Å². The summed E-state index contributed by atoms with van der Waals surface area (Å²) in [6.07, 6.45) is 2.06. The van der Waals surface area contributed by atoms with Crippen molar-refractivity contribution in [1.82, 2.24) is 4.57 Å². The number of benzene rings is 1. The number of nitrogens with zero attached hydrogens (tertiary/aromatic N) is 2. The molecule has 0 saturated heterocycles. The minimum absolute atomic E-state index is 0.0571. The quantitative estimate of drug-likeness (QED) is 0.739. The van der Waals surface area contributed by atoms with Gasteiger partial charge in [-0.1, -0.05) is 38.5 Å². The molecule has 92 valence electrons. The Hall–Kier alpha value is -2.01. The van der Waals surface area contributed by atoms with Crippen molar-refractivity contribution in [3.8, 4) is 11.8 Å². The van der Waals surface area contributed by atoms with Crippen LogP contribution in [-0.2, 0) is 5.41 Å². The Bertz CT molecular complexity index is 590. The van der Waals surface area contributed by atoms with Crippen molar-refractivity contribution in [2.45, 2.75) is 33.1 Å². The molecule has 1 heterocycles. The molecule has 1 aromatic carbocycles. The maximum atomic E-state index is 9.24. The predicted octanol–water partition coefficient (Wildman–Crippen LogP) is 3.95. The highest BCUT2D eigenvalue weighted by molar-refractivity contribution is 5.43. The van der Waals surface area contributed by atoms with E-state index in [1.807, 2.05) is 22.8 Å². The van der Waals surface area contributed by atoms with E-state index in [-0.39, 0.29) is 5.41 Å². The van der Waals surface area contributed by atoms with Crippen molar-refractivity contribution in [3.05, 3.63) is 53.3 Å². The first kappa shape index (κ1) is 12.4. The van der Waals surface area contributed by atoms with E-state index < -0.39 is 0 Å². The van der Waals surface area contributed by atoms with Crippen LogP contribution in [0.1, 0.15) is 37.6 Å². The van der Waals surface area contributed by atoms with E-state index in [1.54, 1.807) is 0 Å². The average Bonchev–Trinajstić information content (AvgIpc) is 2.73. The van der Waals surface area contributed by atoms with Gasteiger partial charge in [-0.25, -0.2) is 0 Å². The van der Waals surface area contributed by atoms with Crippen molar-refractivity contribution < 1.29 is 0 Å². The molecule has 0 bridgehead atoms. The van der Waals surface area contributed by atoms with E-state index >= 15 is 0 Å². The third-order valence-corrected chi connectivity index (χ3v) is 3.11. The highest BCUT2D eigenvalue weighted by Crippen LogP contribution is 2.26. The summed E-state index contributed by atoms with van der Waals surface area (Å²) in [6.45, 7) is 8.53. The zero-order chi connectivity index (χ0) is 13.3. The van der Waals surface area contributed by atoms with Crippen molar-refractivity contribution in [3.63, 3.8) is 0 Å². The zero-order valence-electron chi connectivity index (χ0n) is 11.4. The molecule has 0 amide bonds. The van der Waals surface area contributed by atoms with Gasteiger partial charge in [0.15, 0.2) is 0 Å². The molecule has 0 N–H and O–H groups in total. The fraction of sp³-hybridized carbons (Fsp3) is 0.312. The molecule has 2 aromatic rings. The number of hydrogen-bond donors (Lipinski definition) is 0. The number of aromatic nitrogens is 1. The van der Waals surface area contributed by atoms with Gasteiger partial charge in [-0.15, -0.1) is 0 Å². The SMILES string of the molecule is Cc1ccc(-n2cc(C(C)(C)C)cc2C#N)cc1. The molecule has 2 heteroatoms. The molecule has 1 aromatic heterocycles. The van der Waals surface area contributed by atoms with Gasteiger partial charge in [0.05, 0.1) is 0 Å². The fourth-order valence-corrected chi connectivity index (χ4v) is 1.88. The highest BCUT2D eigenvalue weighted by atomic mass is 15.0. The molecule has 0 aliphatic rings. The fourth-order valence-electron chi connectivity index (χ4n) is 1.88. The number of hydrogen-bond acceptors (Lipinski definition) is 1. The van der Waals surface area contributed by atoms with Gasteiger partial charge in [0.25, 0.3) is 0 Å². The summed E-state index contributed by atoms with van der Waals surface area (Å²) in [4.78, 5) is 0. The summed E-state index contributed by atoms with van der Waals surface area (Å²) in [5.41, 5.74) is 4.18. The molecule has 18 heavy (non-hydrogen) atoms. The summed E-state index contributed by atoms with van der Waals surface area (Å²) >= 11 is 0. The third kappa shape index (κ3) is 2.31. The van der Waals surface area contributed by atoms with Crippen molar-refractivity contribution >= 4 is 0 Å². The summed E-state index contributed by atoms with van der Waals surface area (Å²) in [7, 11) is 0. The largest absolute Gasteiger partial charge is 0.308 e. The van der Waals surface area contributed by atoms with Crippen LogP contribution in [0.4, 0.5) is 0 Å². The van der Waals surface area contributed by atoms with Gasteiger partial charge < -0.3 is 4.57 Å². The van der Waals surface area contributed by atoms with E-state index in [4.69, 9.17) is 0 Å². The molecule has 0 aliphatic carbocycles. The predicted molar refractivity (Wildman–Crippen MR) is 73.9 cm³/mol. The minimum Gasteiger partial charge on any atom is -0.308 e. The van der Waals surface area contributed by atoms with E-state index in [0.29, 0.717) is 5.69 Å². The summed E-state index contributed by atoms with van der Waals surface area (Å²) in [5, 5.41) is 9.24. The second kappa shape index (κ2) is 4.34. The van der Waals surface area contributed by atoms with Gasteiger partial charge in [-0.3, -0.25) is 0 Å². The molecule has 0 unspecified atom stereocenters. The lowest BCUT2D eigenvalue weighted by Crippen LogP contribution is -2.09. The molecule has 0 saturated carbocycles. The lowest BCUT2D eigenvalue weighted by molar-refractivity contribution is 0.590. The van der Waals surface area contributed by atoms with Crippen LogP contribution >= 0.6 is 0 Å². The van der Waals surface area contributed by atoms with Crippen LogP contribution in [0.2, 0.25) is 0 Å². The lowest BCUT2D eigenvalue weighted by atomic mass is 9.89. The molecular formula is C16H18N2. The molecule has 0 spiro atoms. The molecule has 0 atom stereocenters. The van der Waals surface area contributed by atoms with Crippen LogP contribution in [0.5, 0.6) is 0 Å². The maximum Gasteiger partial charge on any atom is 0.125 e. The first-order chi connectivity index (χ1) is 8.41. The Morgan fingerprint density at radius 2 is 1.72 bits per heavy atom. The van der Waals surface area contributed by atoms with E-state index in [9.17, 15) is 5.26 Å². The molecule has 2 rings (SSSR count). The van der Waals surface area contributed by atoms with Crippen LogP contribution in [0.25, 0.3) is 5.69 Å². The number of aryl methyl sites for hydroxylation is 1. The van der Waals surface area contributed by atoms with Gasteiger partial charge in [0, 0.05) is 11.9 Å². The second-order valence-electron chi connectivity index (χ2n) is 5.68. The summed E-state index contributed by atoms with van der Waals surface area (Å²) in [5.74, 6) is 0. The second-order valence-corrected chi connectivity index (χ2v) is 5.68. The number of rotatable bonds is 1. The Balaban J connectivity index is 2.54. The monoisotopic (exact) mass is 238 g/mol. The first-order valence-corrected chi connectivity index (χ1v) is 6.12. The van der Waals surface area contributed by atoms with Crippen molar-refractivity contribution in [1.29, 1.82) is 5.26 Å². The third-order valence-electron chi connectivity index (χ3n) is 3.11. The average molecular weight is 238 g/mol. The first-order valence-electron chi connectivity index (χ1n) is 6.12. The molecule has 0 radical (unpaired) electrons. The smallest absolute Gasteiger partial charge is 0.125 e. The van der Waals surface area contributed by atoms with Gasteiger partial charge in [0.2, 0.25) is 0 Å². The van der Waals surface area contributed by atoms with Gasteiger partial charge in [0.1, 0.15) is 11.8 Å². The molecule has 0 aliphatic heterocycles. The van der Waals surface area contributed by atoms with Gasteiger partial charge >= 0.3 is 0 Å². The normalized spacial score (nSPS) is 11.3. The van der Waals surface area contributed by atoms with E-state index in [2.05, 4.69) is 52.1 Å². The van der Waals surface area contributed by atoms with Crippen LogP contribution in [0, 0.1) is 18.3 Å². The van der Waals surface area contributed by atoms with Gasteiger partial charge in [-0.2, -0.15) is 5.26 Å². The highest BCUT2D eigenvalue weighted by Gasteiger charge is 2.18. The lowest BCUT2D eigenvalue weighted by Gasteiger charge is -2.15. The van der Waals surface area contributed by atoms with Crippen molar-refractivity contribution in [2.75, 3.05) is 0 Å². The van der Waals surface area contributed by atoms with E-state index in [0.717, 1.165) is 5.69 Å². The topological polar surface area (TPSA) is 28.7 Å². The van der Waals surface area contributed by atoms with Crippen LogP contribution in [0.3, 0.4) is 0 Å². The summed E-state index contributed by atoms with van der Waals surface area (Å²) < 4.78 is 1.96. The molecular weight excluding hydrogens is 220 g/mol. The maximum absolute atomic E-state index is 9.24. The van der Waals surface area contributed by atoms with Gasteiger partial charge in [-0.05, 0) is 36.1 Å². The minimum atomic E-state index is 0.0571. The zero-order valence-corrected chi connectivity index (χ0v) is 11.4. The standard InChI is InChI=1S/C16H18N2/c1-12-5-7-14(8-6-12)18-11-13(16(2,3)4)9-15(18)10-17/h5-9,11H,1-4H3. The summed E-state index contributed by atoms with van der Waals surface area (Å²) in [6, 6.07) is 12.5. The Morgan fingerprint density at radius 3 is 2.22 bits per heavy atom. The van der Waals surface area contributed by atoms with Crippen LogP contribution in [0.15, 0.2) is 36.5 Å². The Labute approximate surface area is 108 Å². The number of nitriles is 1. The molecule has 2 nitrogen and oxygen atoms in total. The van der Waals surface area contributed by atoms with Crippen LogP contribution in [-0.4, -0.2) is 4.57 Å². The van der Waals surface area contributed by atoms with Crippen LogP contribution < -0.4 is 0 Å². The molecule has 0 fully saturated rings. The van der Waals surface area contributed by atoms with E-state index in [1.165, 1.54) is 11.1 Å². The Morgan fingerprint density at radius 1 is 1.11 bits per heavy atom. The Kier molecular flexibility index (Phi) is 3.00.